The summed E-state index contributed by atoms with van der Waals surface area (Å²) in [6.45, 7) is 5.52. The molecule has 2 amide bonds. The Bertz CT molecular complexity index is 975. The van der Waals surface area contributed by atoms with Crippen molar-refractivity contribution in [2.75, 3.05) is 18.4 Å². The number of hydrogen-bond acceptors (Lipinski definition) is 6. The van der Waals surface area contributed by atoms with Crippen LogP contribution in [0.5, 0.6) is 0 Å². The molecule has 0 bridgehead atoms. The summed E-state index contributed by atoms with van der Waals surface area (Å²) < 4.78 is 10.9. The number of ether oxygens (including phenoxy) is 2. The van der Waals surface area contributed by atoms with E-state index in [1.54, 1.807) is 45.0 Å². The molecule has 1 fully saturated rings. The van der Waals surface area contributed by atoms with E-state index in [1.807, 2.05) is 36.4 Å². The predicted octanol–water partition coefficient (Wildman–Crippen LogP) is 3.32. The van der Waals surface area contributed by atoms with E-state index in [4.69, 9.17) is 15.2 Å². The largest absolute Gasteiger partial charge is 0.460 e. The number of nitrogens with one attached hydrogen (secondary N) is 1. The number of carbonyl (C=O) groups excluding carboxylic acids is 3. The molecule has 1 heterocycles. The molecule has 2 unspecified atom stereocenters. The summed E-state index contributed by atoms with van der Waals surface area (Å²) >= 11 is 0. The molecule has 0 saturated carbocycles. The van der Waals surface area contributed by atoms with Crippen molar-refractivity contribution in [1.82, 2.24) is 4.90 Å². The van der Waals surface area contributed by atoms with E-state index in [2.05, 4.69) is 5.32 Å². The van der Waals surface area contributed by atoms with Crippen LogP contribution in [0, 0.1) is 5.41 Å². The second-order valence-electron chi connectivity index (χ2n) is 9.20. The zero-order valence-electron chi connectivity index (χ0n) is 19.2. The normalized spacial score (nSPS) is 19.0. The van der Waals surface area contributed by atoms with Gasteiger partial charge in [0.1, 0.15) is 18.2 Å². The van der Waals surface area contributed by atoms with Crippen LogP contribution in [-0.4, -0.2) is 47.6 Å². The quantitative estimate of drug-likeness (QED) is 0.649. The number of nitrogens with zero attached hydrogens (tertiary/aromatic N) is 1. The highest BCUT2D eigenvalue weighted by Crippen LogP contribution is 2.36. The smallest absolute Gasteiger partial charge is 0.410 e. The van der Waals surface area contributed by atoms with Gasteiger partial charge in [-0.15, -0.1) is 0 Å². The number of rotatable bonds is 6. The fourth-order valence-corrected chi connectivity index (χ4v) is 3.72. The molecule has 2 aromatic rings. The Morgan fingerprint density at radius 1 is 1.06 bits per heavy atom. The molecule has 1 aliphatic rings. The van der Waals surface area contributed by atoms with E-state index in [9.17, 15) is 14.4 Å². The van der Waals surface area contributed by atoms with E-state index >= 15 is 0 Å². The highest BCUT2D eigenvalue weighted by atomic mass is 16.6. The Morgan fingerprint density at radius 2 is 1.67 bits per heavy atom. The van der Waals surface area contributed by atoms with E-state index in [1.165, 1.54) is 4.90 Å². The Balaban J connectivity index is 1.79. The van der Waals surface area contributed by atoms with Crippen molar-refractivity contribution in [1.29, 1.82) is 0 Å². The lowest BCUT2D eigenvalue weighted by molar-refractivity contribution is -0.152. The molecule has 0 spiro atoms. The van der Waals surface area contributed by atoms with Gasteiger partial charge in [-0.2, -0.15) is 0 Å². The minimum Gasteiger partial charge on any atom is -0.460 e. The molecule has 2 atom stereocenters. The number of amides is 2. The first-order valence-electron chi connectivity index (χ1n) is 10.9. The third-order valence-electron chi connectivity index (χ3n) is 5.51. The van der Waals surface area contributed by atoms with Crippen LogP contribution < -0.4 is 11.1 Å². The summed E-state index contributed by atoms with van der Waals surface area (Å²) in [5, 5.41) is 2.84. The van der Waals surface area contributed by atoms with Crippen molar-refractivity contribution < 1.29 is 23.9 Å². The number of likely N-dealkylation sites (tertiary alicyclic amines) is 1. The molecule has 33 heavy (non-hydrogen) atoms. The third-order valence-corrected chi connectivity index (χ3v) is 5.51. The van der Waals surface area contributed by atoms with E-state index < -0.39 is 35.0 Å². The first-order valence-corrected chi connectivity index (χ1v) is 10.9. The van der Waals surface area contributed by atoms with Crippen LogP contribution in [0.3, 0.4) is 0 Å². The molecule has 0 radical (unpaired) electrons. The molecule has 1 saturated heterocycles. The molecule has 8 nitrogen and oxygen atoms in total. The number of esters is 1. The number of carbonyl (C=O) groups is 3. The summed E-state index contributed by atoms with van der Waals surface area (Å²) in [6, 6.07) is 16.8. The average molecular weight is 454 g/mol. The van der Waals surface area contributed by atoms with Gasteiger partial charge in [0, 0.05) is 18.8 Å². The Kier molecular flexibility index (Phi) is 7.38. The van der Waals surface area contributed by atoms with Crippen LogP contribution in [0.15, 0.2) is 60.7 Å². The summed E-state index contributed by atoms with van der Waals surface area (Å²) in [7, 11) is 0. The zero-order chi connectivity index (χ0) is 24.1. The number of benzene rings is 2. The van der Waals surface area contributed by atoms with Gasteiger partial charge >= 0.3 is 12.1 Å². The lowest BCUT2D eigenvalue weighted by Crippen LogP contribution is -2.56. The van der Waals surface area contributed by atoms with Gasteiger partial charge in [-0.25, -0.2) is 4.79 Å². The molecule has 8 heteroatoms. The number of hydrogen-bond donors (Lipinski definition) is 2. The van der Waals surface area contributed by atoms with Gasteiger partial charge in [0.05, 0.1) is 5.41 Å². The molecular formula is C25H31N3O5. The van der Waals surface area contributed by atoms with Crippen LogP contribution >= 0.6 is 0 Å². The fraction of sp³-hybridized carbons (Fsp3) is 0.400. The van der Waals surface area contributed by atoms with Crippen LogP contribution in [0.4, 0.5) is 10.5 Å². The van der Waals surface area contributed by atoms with Gasteiger partial charge < -0.3 is 25.4 Å². The second-order valence-corrected chi connectivity index (χ2v) is 9.20. The molecule has 1 aliphatic heterocycles. The average Bonchev–Trinajstić information content (AvgIpc) is 3.24. The Morgan fingerprint density at radius 3 is 2.27 bits per heavy atom. The standard InChI is InChI=1S/C25H31N3O5/c1-24(2,3)33-23(31)28-15-14-25(17-28,22(30)27-19-12-8-5-9-13-19)20(26)21(29)32-16-18-10-6-4-7-11-18/h4-13,20H,14-17,26H2,1-3H3,(H,27,30). The zero-order valence-corrected chi connectivity index (χ0v) is 19.2. The molecular weight excluding hydrogens is 422 g/mol. The number of para-hydroxylation sites is 1. The maximum Gasteiger partial charge on any atom is 0.410 e. The van der Waals surface area contributed by atoms with E-state index in [-0.39, 0.29) is 26.1 Å². The fourth-order valence-electron chi connectivity index (χ4n) is 3.72. The van der Waals surface area contributed by atoms with Crippen molar-refractivity contribution in [3.63, 3.8) is 0 Å². The van der Waals surface area contributed by atoms with E-state index in [0.29, 0.717) is 5.69 Å². The summed E-state index contributed by atoms with van der Waals surface area (Å²) in [5.41, 5.74) is 5.68. The first-order chi connectivity index (χ1) is 15.6. The van der Waals surface area contributed by atoms with Crippen molar-refractivity contribution in [2.24, 2.45) is 11.1 Å². The summed E-state index contributed by atoms with van der Waals surface area (Å²) in [6.07, 6.45) is -0.353. The van der Waals surface area contributed by atoms with Crippen molar-refractivity contribution >= 4 is 23.7 Å². The molecule has 176 valence electrons. The van der Waals surface area contributed by atoms with Crippen LogP contribution in [0.25, 0.3) is 0 Å². The maximum absolute atomic E-state index is 13.4. The first kappa shape index (κ1) is 24.3. The summed E-state index contributed by atoms with van der Waals surface area (Å²) in [5.74, 6) is -1.14. The lowest BCUT2D eigenvalue weighted by Gasteiger charge is -2.32. The highest BCUT2D eigenvalue weighted by Gasteiger charge is 2.54. The highest BCUT2D eigenvalue weighted by molar-refractivity contribution is 6.00. The van der Waals surface area contributed by atoms with Gasteiger partial charge in [0.2, 0.25) is 5.91 Å². The minimum atomic E-state index is -1.36. The molecule has 3 rings (SSSR count). The molecule has 0 aliphatic carbocycles. The van der Waals surface area contributed by atoms with Crippen molar-refractivity contribution in [2.45, 2.75) is 45.4 Å². The van der Waals surface area contributed by atoms with Crippen LogP contribution in [-0.2, 0) is 25.7 Å². The van der Waals surface area contributed by atoms with Gasteiger partial charge in [-0.05, 0) is 44.9 Å². The van der Waals surface area contributed by atoms with Crippen molar-refractivity contribution in [3.05, 3.63) is 66.2 Å². The second kappa shape index (κ2) is 10.0. The van der Waals surface area contributed by atoms with Gasteiger partial charge in [-0.3, -0.25) is 9.59 Å². The topological polar surface area (TPSA) is 111 Å². The SMILES string of the molecule is CC(C)(C)OC(=O)N1CCC(C(=O)Nc2ccccc2)(C(N)C(=O)OCc2ccccc2)C1. The molecule has 0 aromatic heterocycles. The van der Waals surface area contributed by atoms with Crippen LogP contribution in [0.1, 0.15) is 32.8 Å². The lowest BCUT2D eigenvalue weighted by atomic mass is 9.78. The molecule has 2 aromatic carbocycles. The Labute approximate surface area is 194 Å². The predicted molar refractivity (Wildman–Crippen MR) is 124 cm³/mol. The van der Waals surface area contributed by atoms with Gasteiger partial charge in [0.25, 0.3) is 0 Å². The minimum absolute atomic E-state index is 0.0412. The van der Waals surface area contributed by atoms with Gasteiger partial charge in [0.15, 0.2) is 0 Å². The van der Waals surface area contributed by atoms with E-state index in [0.717, 1.165) is 5.56 Å². The number of nitrogens with two attached hydrogens (primary N) is 1. The maximum atomic E-state index is 13.4. The summed E-state index contributed by atoms with van der Waals surface area (Å²) in [4.78, 5) is 40.4. The van der Waals surface area contributed by atoms with Gasteiger partial charge in [-0.1, -0.05) is 48.5 Å². The Hall–Kier alpha value is -3.39. The monoisotopic (exact) mass is 453 g/mol. The third kappa shape index (κ3) is 6.10. The molecule has 3 N–H and O–H groups in total. The van der Waals surface area contributed by atoms with Crippen molar-refractivity contribution in [3.8, 4) is 0 Å². The number of anilines is 1. The van der Waals surface area contributed by atoms with Crippen LogP contribution in [0.2, 0.25) is 0 Å².